The van der Waals surface area contributed by atoms with Crippen LogP contribution in [0.25, 0.3) is 33.4 Å². The third-order valence-corrected chi connectivity index (χ3v) is 4.55. The summed E-state index contributed by atoms with van der Waals surface area (Å²) in [5.41, 5.74) is 3.82. The highest BCUT2D eigenvalue weighted by molar-refractivity contribution is 5.99. The summed E-state index contributed by atoms with van der Waals surface area (Å²) in [6.45, 7) is 3.86. The number of fused-ring (bicyclic) bond motifs is 1. The van der Waals surface area contributed by atoms with Crippen LogP contribution in [0.1, 0.15) is 13.8 Å². The lowest BCUT2D eigenvalue weighted by molar-refractivity contribution is 0.0590. The van der Waals surface area contributed by atoms with Gasteiger partial charge in [-0.05, 0) is 31.0 Å². The van der Waals surface area contributed by atoms with Gasteiger partial charge in [0, 0.05) is 12.6 Å². The molecule has 4 rings (SSSR count). The fraction of sp³-hybridized carbons (Fsp3) is 0.227. The average Bonchev–Trinajstić information content (AvgIpc) is 3.06. The SMILES string of the molecule is CNc1ncnc2c1c(-c1cccc(-c3ccccc3)c1)nn2CC(C)(C)O. The molecule has 0 bridgehead atoms. The van der Waals surface area contributed by atoms with Gasteiger partial charge in [0.15, 0.2) is 5.65 Å². The topological polar surface area (TPSA) is 75.9 Å². The maximum atomic E-state index is 10.3. The highest BCUT2D eigenvalue weighted by Gasteiger charge is 2.22. The van der Waals surface area contributed by atoms with Gasteiger partial charge in [-0.1, -0.05) is 48.5 Å². The zero-order valence-electron chi connectivity index (χ0n) is 16.2. The molecule has 2 heterocycles. The molecule has 2 N–H and O–H groups in total. The van der Waals surface area contributed by atoms with E-state index >= 15 is 0 Å². The Kier molecular flexibility index (Phi) is 4.57. The standard InChI is InChI=1S/C22H23N5O/c1-22(2,28)13-27-21-18(20(23-3)24-14-25-21)19(26-27)17-11-7-10-16(12-17)15-8-5-4-6-9-15/h4-12,14,28H,13H2,1-3H3,(H,23,24,25). The normalized spacial score (nSPS) is 11.7. The molecule has 0 aliphatic rings. The lowest BCUT2D eigenvalue weighted by Crippen LogP contribution is -2.26. The fourth-order valence-corrected chi connectivity index (χ4v) is 3.35. The first-order chi connectivity index (χ1) is 13.5. The van der Waals surface area contributed by atoms with Crippen molar-refractivity contribution < 1.29 is 5.11 Å². The summed E-state index contributed by atoms with van der Waals surface area (Å²) in [5, 5.41) is 19.1. The van der Waals surface area contributed by atoms with Crippen LogP contribution in [0.4, 0.5) is 5.82 Å². The van der Waals surface area contributed by atoms with Gasteiger partial charge in [-0.2, -0.15) is 5.10 Å². The molecule has 0 atom stereocenters. The predicted octanol–water partition coefficient (Wildman–Crippen LogP) is 3.97. The largest absolute Gasteiger partial charge is 0.389 e. The Balaban J connectivity index is 1.92. The molecular weight excluding hydrogens is 350 g/mol. The van der Waals surface area contributed by atoms with Gasteiger partial charge in [-0.3, -0.25) is 0 Å². The highest BCUT2D eigenvalue weighted by atomic mass is 16.3. The highest BCUT2D eigenvalue weighted by Crippen LogP contribution is 2.33. The van der Waals surface area contributed by atoms with Gasteiger partial charge in [0.2, 0.25) is 0 Å². The van der Waals surface area contributed by atoms with Gasteiger partial charge >= 0.3 is 0 Å². The number of nitrogens with zero attached hydrogens (tertiary/aromatic N) is 4. The zero-order valence-corrected chi connectivity index (χ0v) is 16.2. The molecule has 0 fully saturated rings. The minimum absolute atomic E-state index is 0.335. The second-order valence-electron chi connectivity index (χ2n) is 7.44. The van der Waals surface area contributed by atoms with Crippen molar-refractivity contribution >= 4 is 16.9 Å². The van der Waals surface area contributed by atoms with E-state index in [0.717, 1.165) is 27.8 Å². The van der Waals surface area contributed by atoms with Crippen LogP contribution in [0.2, 0.25) is 0 Å². The van der Waals surface area contributed by atoms with Crippen LogP contribution in [0, 0.1) is 0 Å². The monoisotopic (exact) mass is 373 g/mol. The van der Waals surface area contributed by atoms with Crippen molar-refractivity contribution in [2.24, 2.45) is 0 Å². The molecule has 0 spiro atoms. The van der Waals surface area contributed by atoms with Gasteiger partial charge in [0.25, 0.3) is 0 Å². The molecule has 0 aliphatic carbocycles. The second kappa shape index (κ2) is 7.05. The first kappa shape index (κ1) is 18.1. The minimum atomic E-state index is -0.910. The first-order valence-electron chi connectivity index (χ1n) is 9.24. The molecule has 0 saturated carbocycles. The molecule has 142 valence electrons. The van der Waals surface area contributed by atoms with E-state index in [1.807, 2.05) is 37.4 Å². The van der Waals surface area contributed by atoms with Crippen molar-refractivity contribution in [3.63, 3.8) is 0 Å². The Bertz CT molecular complexity index is 1110. The number of anilines is 1. The fourth-order valence-electron chi connectivity index (χ4n) is 3.35. The number of aromatic nitrogens is 4. The van der Waals surface area contributed by atoms with E-state index in [2.05, 4.69) is 39.6 Å². The molecule has 0 radical (unpaired) electrons. The van der Waals surface area contributed by atoms with E-state index in [4.69, 9.17) is 5.10 Å². The van der Waals surface area contributed by atoms with E-state index in [0.29, 0.717) is 18.0 Å². The Morgan fingerprint density at radius 2 is 1.68 bits per heavy atom. The summed E-state index contributed by atoms with van der Waals surface area (Å²) in [5.74, 6) is 0.715. The van der Waals surface area contributed by atoms with E-state index in [9.17, 15) is 5.11 Å². The first-order valence-corrected chi connectivity index (χ1v) is 9.24. The molecule has 2 aromatic carbocycles. The van der Waals surface area contributed by atoms with Crippen LogP contribution >= 0.6 is 0 Å². The van der Waals surface area contributed by atoms with E-state index < -0.39 is 5.60 Å². The van der Waals surface area contributed by atoms with E-state index in [1.165, 1.54) is 6.33 Å². The maximum absolute atomic E-state index is 10.3. The molecule has 6 nitrogen and oxygen atoms in total. The molecule has 0 unspecified atom stereocenters. The van der Waals surface area contributed by atoms with Crippen LogP contribution < -0.4 is 5.32 Å². The summed E-state index contributed by atoms with van der Waals surface area (Å²) in [6, 6.07) is 18.5. The van der Waals surface area contributed by atoms with Crippen LogP contribution in [-0.4, -0.2) is 37.5 Å². The van der Waals surface area contributed by atoms with E-state index in [-0.39, 0.29) is 0 Å². The van der Waals surface area contributed by atoms with Crippen molar-refractivity contribution in [1.29, 1.82) is 0 Å². The minimum Gasteiger partial charge on any atom is -0.389 e. The van der Waals surface area contributed by atoms with Gasteiger partial charge < -0.3 is 10.4 Å². The molecule has 28 heavy (non-hydrogen) atoms. The number of nitrogens with one attached hydrogen (secondary N) is 1. The Hall–Kier alpha value is -3.25. The van der Waals surface area contributed by atoms with Gasteiger partial charge in [0.1, 0.15) is 17.8 Å². The van der Waals surface area contributed by atoms with Crippen molar-refractivity contribution in [1.82, 2.24) is 19.7 Å². The van der Waals surface area contributed by atoms with Gasteiger partial charge in [-0.25, -0.2) is 14.6 Å². The molecule has 2 aromatic heterocycles. The Morgan fingerprint density at radius 1 is 0.964 bits per heavy atom. The Labute approximate surface area is 163 Å². The number of benzene rings is 2. The summed E-state index contributed by atoms with van der Waals surface area (Å²) in [4.78, 5) is 8.80. The van der Waals surface area contributed by atoms with Crippen molar-refractivity contribution in [3.05, 3.63) is 60.9 Å². The summed E-state index contributed by atoms with van der Waals surface area (Å²) in [7, 11) is 1.83. The summed E-state index contributed by atoms with van der Waals surface area (Å²) in [6.07, 6.45) is 1.51. The summed E-state index contributed by atoms with van der Waals surface area (Å²) >= 11 is 0. The third-order valence-electron chi connectivity index (χ3n) is 4.55. The quantitative estimate of drug-likeness (QED) is 0.553. The predicted molar refractivity (Wildman–Crippen MR) is 112 cm³/mol. The summed E-state index contributed by atoms with van der Waals surface area (Å²) < 4.78 is 1.75. The lowest BCUT2D eigenvalue weighted by atomic mass is 10.0. The van der Waals surface area contributed by atoms with Crippen LogP contribution in [-0.2, 0) is 6.54 Å². The molecule has 4 aromatic rings. The smallest absolute Gasteiger partial charge is 0.164 e. The molecule has 6 heteroatoms. The average molecular weight is 373 g/mol. The van der Waals surface area contributed by atoms with Crippen molar-refractivity contribution in [2.75, 3.05) is 12.4 Å². The molecule has 0 saturated heterocycles. The van der Waals surface area contributed by atoms with Crippen molar-refractivity contribution in [3.8, 4) is 22.4 Å². The van der Waals surface area contributed by atoms with Crippen LogP contribution in [0.3, 0.4) is 0 Å². The van der Waals surface area contributed by atoms with Gasteiger partial charge in [-0.15, -0.1) is 0 Å². The number of hydrogen-bond donors (Lipinski definition) is 2. The van der Waals surface area contributed by atoms with Crippen LogP contribution in [0.5, 0.6) is 0 Å². The second-order valence-corrected chi connectivity index (χ2v) is 7.44. The zero-order chi connectivity index (χ0) is 19.7. The number of hydrogen-bond acceptors (Lipinski definition) is 5. The van der Waals surface area contributed by atoms with Crippen LogP contribution in [0.15, 0.2) is 60.9 Å². The maximum Gasteiger partial charge on any atom is 0.164 e. The van der Waals surface area contributed by atoms with E-state index in [1.54, 1.807) is 18.5 Å². The number of rotatable bonds is 5. The molecular formula is C22H23N5O. The third kappa shape index (κ3) is 3.46. The Morgan fingerprint density at radius 3 is 2.39 bits per heavy atom. The van der Waals surface area contributed by atoms with Gasteiger partial charge in [0.05, 0.1) is 17.5 Å². The molecule has 0 aliphatic heterocycles. The number of aliphatic hydroxyl groups is 1. The molecule has 0 amide bonds. The lowest BCUT2D eigenvalue weighted by Gasteiger charge is -2.17. The van der Waals surface area contributed by atoms with Crippen molar-refractivity contribution in [2.45, 2.75) is 26.0 Å².